The van der Waals surface area contributed by atoms with Gasteiger partial charge in [0.15, 0.2) is 17.5 Å². The van der Waals surface area contributed by atoms with E-state index >= 15 is 0 Å². The van der Waals surface area contributed by atoms with Crippen LogP contribution in [-0.4, -0.2) is 104 Å². The minimum Gasteiger partial charge on any atom is -0.382 e. The van der Waals surface area contributed by atoms with Crippen molar-refractivity contribution in [2.24, 2.45) is 23.7 Å². The zero-order chi connectivity index (χ0) is 92.4. The highest BCUT2D eigenvalue weighted by Crippen LogP contribution is 2.62. The van der Waals surface area contributed by atoms with Crippen LogP contribution < -0.4 is 43.4 Å². The number of fused-ring (bicyclic) bond motifs is 1. The fourth-order valence-corrected chi connectivity index (χ4v) is 21.5. The molecule has 131 heavy (non-hydrogen) atoms. The van der Waals surface area contributed by atoms with Crippen LogP contribution in [-0.2, 0) is 16.2 Å². The van der Waals surface area contributed by atoms with Gasteiger partial charge in [-0.25, -0.2) is 39.9 Å². The molecular formula is C100H105Cl10N21. The van der Waals surface area contributed by atoms with Crippen LogP contribution in [0.4, 0.5) is 46.5 Å². The highest BCUT2D eigenvalue weighted by atomic mass is 35.5. The third-order valence-electron chi connectivity index (χ3n) is 27.8. The van der Waals surface area contributed by atoms with Gasteiger partial charge in [0.1, 0.15) is 57.6 Å². The number of aromatic nitrogens is 13. The molecule has 3 unspecified atom stereocenters. The maximum absolute atomic E-state index is 6.33. The summed E-state index contributed by atoms with van der Waals surface area (Å²) in [5, 5.41) is 4.63. The molecule has 21 nitrogen and oxygen atoms in total. The molecule has 7 aromatic heterocycles. The Morgan fingerprint density at radius 3 is 0.985 bits per heavy atom. The number of piperidine rings is 3. The van der Waals surface area contributed by atoms with Crippen LogP contribution in [0.3, 0.4) is 0 Å². The van der Waals surface area contributed by atoms with Gasteiger partial charge in [0.05, 0.1) is 85.9 Å². The Balaban J connectivity index is 0.000000126. The Kier molecular flexibility index (Phi) is 31.2. The number of nitrogens with two attached hydrogens (primary N) is 5. The second kappa shape index (κ2) is 42.6. The van der Waals surface area contributed by atoms with Gasteiger partial charge in [-0.15, -0.1) is 0 Å². The van der Waals surface area contributed by atoms with Gasteiger partial charge in [-0.05, 0) is 178 Å². The Hall–Kier alpha value is -9.75. The average Bonchev–Trinajstić information content (AvgIpc) is 1.59. The normalized spacial score (nSPS) is 19.2. The molecule has 3 aliphatic heterocycles. The number of hydrogen-bond donors (Lipinski definition) is 5. The van der Waals surface area contributed by atoms with Gasteiger partial charge >= 0.3 is 0 Å². The van der Waals surface area contributed by atoms with E-state index in [1.165, 1.54) is 49.7 Å². The molecule has 3 saturated heterocycles. The van der Waals surface area contributed by atoms with Crippen LogP contribution in [0.5, 0.6) is 0 Å². The zero-order valence-corrected chi connectivity index (χ0v) is 81.2. The summed E-state index contributed by atoms with van der Waals surface area (Å²) < 4.78 is 0. The monoisotopic (exact) mass is 1950 g/mol. The number of anilines is 8. The summed E-state index contributed by atoms with van der Waals surface area (Å²) in [5.41, 5.74) is 43.7. The van der Waals surface area contributed by atoms with E-state index in [4.69, 9.17) is 145 Å². The molecule has 4 atom stereocenters. The molecule has 13 aromatic rings. The number of hydrogen-bond acceptors (Lipinski definition) is 21. The van der Waals surface area contributed by atoms with E-state index in [-0.39, 0.29) is 16.2 Å². The van der Waals surface area contributed by atoms with Crippen molar-refractivity contribution >= 4 is 163 Å². The Morgan fingerprint density at radius 2 is 0.664 bits per heavy atom. The Morgan fingerprint density at radius 1 is 0.328 bits per heavy atom. The van der Waals surface area contributed by atoms with E-state index < -0.39 is 0 Å². The quantitative estimate of drug-likeness (QED) is 0.0566. The number of rotatable bonds is 17. The third-order valence-corrected chi connectivity index (χ3v) is 31.9. The molecule has 0 amide bonds. The summed E-state index contributed by atoms with van der Waals surface area (Å²) in [5.74, 6) is 8.72. The maximum Gasteiger partial charge on any atom is 0.152 e. The van der Waals surface area contributed by atoms with Gasteiger partial charge in [0.2, 0.25) is 0 Å². The van der Waals surface area contributed by atoms with Crippen LogP contribution in [0.2, 0.25) is 50.2 Å². The van der Waals surface area contributed by atoms with Crippen molar-refractivity contribution in [3.63, 3.8) is 0 Å². The first kappa shape index (κ1) is 95.8. The molecule has 6 aliphatic rings. The van der Waals surface area contributed by atoms with Crippen molar-refractivity contribution in [3.05, 3.63) is 274 Å². The predicted octanol–water partition coefficient (Wildman–Crippen LogP) is 26.2. The van der Waals surface area contributed by atoms with Crippen LogP contribution in [0, 0.1) is 23.7 Å². The van der Waals surface area contributed by atoms with Gasteiger partial charge in [-0.1, -0.05) is 248 Å². The highest BCUT2D eigenvalue weighted by Gasteiger charge is 2.54. The van der Waals surface area contributed by atoms with E-state index in [0.717, 1.165) is 166 Å². The number of nitrogens with zero attached hydrogens (tertiary/aromatic N) is 16. The first-order valence-corrected chi connectivity index (χ1v) is 48.4. The predicted molar refractivity (Wildman–Crippen MR) is 541 cm³/mol. The number of halogens is 10. The van der Waals surface area contributed by atoms with E-state index in [2.05, 4.69) is 157 Å². The average molecular weight is 1960 g/mol. The maximum atomic E-state index is 6.33. The summed E-state index contributed by atoms with van der Waals surface area (Å²) in [6.45, 7) is 16.7. The Bertz CT molecular complexity index is 5640. The molecule has 10 N–H and O–H groups in total. The highest BCUT2D eigenvalue weighted by molar-refractivity contribution is 6.46. The second-order valence-electron chi connectivity index (χ2n) is 34.6. The van der Waals surface area contributed by atoms with E-state index in [9.17, 15) is 0 Å². The fourth-order valence-electron chi connectivity index (χ4n) is 19.5. The van der Waals surface area contributed by atoms with Crippen molar-refractivity contribution in [1.82, 2.24) is 64.8 Å². The van der Waals surface area contributed by atoms with Crippen molar-refractivity contribution in [2.75, 3.05) is 82.6 Å². The molecule has 3 saturated carbocycles. The first-order chi connectivity index (χ1) is 63.3. The first-order valence-electron chi connectivity index (χ1n) is 44.6. The topological polar surface area (TPSA) is 307 Å². The molecule has 0 radical (unpaired) electrons. The minimum atomic E-state index is 0.0536. The lowest BCUT2D eigenvalue weighted by Crippen LogP contribution is -2.43. The van der Waals surface area contributed by atoms with Crippen LogP contribution >= 0.6 is 116 Å². The molecule has 680 valence electrons. The van der Waals surface area contributed by atoms with Crippen LogP contribution in [0.1, 0.15) is 171 Å². The van der Waals surface area contributed by atoms with Gasteiger partial charge < -0.3 is 43.4 Å². The lowest BCUT2D eigenvalue weighted by molar-refractivity contribution is 0.310. The van der Waals surface area contributed by atoms with E-state index in [1.807, 2.05) is 91.6 Å². The largest absolute Gasteiger partial charge is 0.382 e. The summed E-state index contributed by atoms with van der Waals surface area (Å²) in [7, 11) is 0. The molecule has 0 spiro atoms. The molecule has 31 heteroatoms. The smallest absolute Gasteiger partial charge is 0.152 e. The lowest BCUT2D eigenvalue weighted by atomic mass is 9.71. The van der Waals surface area contributed by atoms with Crippen LogP contribution in [0.25, 0.3) is 56.3 Å². The Labute approximate surface area is 816 Å². The zero-order valence-electron chi connectivity index (χ0n) is 73.6. The number of nitrogen functional groups attached to an aromatic ring is 5. The molecule has 6 aromatic carbocycles. The molecule has 10 heterocycles. The molecule has 0 bridgehead atoms. The van der Waals surface area contributed by atoms with E-state index in [0.29, 0.717) is 136 Å². The van der Waals surface area contributed by atoms with Gasteiger partial charge in [0, 0.05) is 128 Å². The van der Waals surface area contributed by atoms with E-state index in [1.54, 1.807) is 61.3 Å². The molecule has 6 fully saturated rings. The molecule has 19 rings (SSSR count). The molecular weight excluding hydrogens is 1850 g/mol. The summed E-state index contributed by atoms with van der Waals surface area (Å²) in [4.78, 5) is 65.5. The second-order valence-corrected chi connectivity index (χ2v) is 38.6. The van der Waals surface area contributed by atoms with Crippen LogP contribution in [0.15, 0.2) is 195 Å². The minimum absolute atomic E-state index is 0.0536. The van der Waals surface area contributed by atoms with Crippen molar-refractivity contribution < 1.29 is 0 Å². The van der Waals surface area contributed by atoms with Gasteiger partial charge in [-0.2, -0.15) is 0 Å². The third kappa shape index (κ3) is 21.3. The number of benzene rings is 6. The fraction of sp³-hybridized carbons (Fsp3) is 0.350. The van der Waals surface area contributed by atoms with Crippen molar-refractivity contribution in [3.8, 4) is 56.3 Å². The van der Waals surface area contributed by atoms with Gasteiger partial charge in [0.25, 0.3) is 0 Å². The van der Waals surface area contributed by atoms with Crippen molar-refractivity contribution in [1.29, 1.82) is 0 Å². The summed E-state index contributed by atoms with van der Waals surface area (Å²) >= 11 is 62.0. The number of pyridine rings is 1. The van der Waals surface area contributed by atoms with Gasteiger partial charge in [-0.3, -0.25) is 24.9 Å². The standard InChI is InChI=1S/C23H24Cl2N4.C22H23Cl2N5.C21H22Cl2N6.C17H17Cl2N3.C17H19Cl2N3/c1-2-23(16-7-4-3-5-8-16)11-13-29(14-12-23)19-15-27-21(22(26)28-19)17-9-6-10-18(24)20(17)25;1-2-22(15-6-10-26-11-7-15)8-12-29(13-9-22)18-14-27-20(21(25)28-18)16-4-3-5-17(23)19(16)24;1-2-21(16-12-25-8-9-26-16)6-10-29(11-7-21)17-13-27-19(20(24)28-17)14-4-3-5-15(22)18(14)23;1-8-11-5-9(6-12(8)11)14-7-21-16(17(20)22-14)10-3-2-4-13(18)15(10)19;1-2-10-6-7-11(8-10)14-9-21-16(17(20)22-14)12-4-3-5-13(18)15(12)19/h3-10,15H,2,11-14H2,1H3,(H2,26,28);3-7,10-11,14H,2,8-9,12-13H2,1H3,(H2,25,28);3-5,8-9,12-13H,2,6-7,10-11H2,1H3,(H2,24,28);2-4,7-9,11-12H,5-6H2,1H3,(H2,20,22);3-5,9-11H,2,6-8H2,1H3,(H2,20,22)/t;;;;10-,11?/m....0/s1. The molecule has 3 aliphatic carbocycles. The summed E-state index contributed by atoms with van der Waals surface area (Å²) in [6.07, 6.45) is 34.9. The lowest BCUT2D eigenvalue weighted by Gasteiger charge is -2.42. The van der Waals surface area contributed by atoms with Crippen molar-refractivity contribution in [2.45, 2.75) is 159 Å². The summed E-state index contributed by atoms with van der Waals surface area (Å²) in [6, 6.07) is 42.2. The SMILES string of the molecule is CC1C2CC(c3cnc(-c4cccc(Cl)c4Cl)c(N)n3)CC12.CCC1(c2ccccc2)CCN(c2cnc(-c3cccc(Cl)c3Cl)c(N)n2)CC1.CCC1(c2ccncc2)CCN(c2cnc(-c3cccc(Cl)c3Cl)c(N)n2)CC1.CCC1(c2cnccn2)CCN(c2cnc(-c3cccc(Cl)c3Cl)c(N)n2)CC1.CC[C@H]1CCC(c2cnc(-c3cccc(Cl)c3Cl)c(N)n2)C1.